The van der Waals surface area contributed by atoms with Gasteiger partial charge < -0.3 is 0 Å². The number of hydrogen-bond acceptors (Lipinski definition) is 4. The topological polar surface area (TPSA) is 101 Å². The minimum absolute atomic E-state index is 0.122. The summed E-state index contributed by atoms with van der Waals surface area (Å²) in [7, 11) is 0. The molecule has 2 amide bonds. The summed E-state index contributed by atoms with van der Waals surface area (Å²) < 4.78 is 0. The van der Waals surface area contributed by atoms with Crippen LogP contribution in [0, 0.1) is 16.0 Å². The van der Waals surface area contributed by atoms with Crippen molar-refractivity contribution >= 4 is 29.1 Å². The molecule has 2 N–H and O–H groups in total. The summed E-state index contributed by atoms with van der Waals surface area (Å²) in [6.07, 6.45) is 4.68. The zero-order valence-electron chi connectivity index (χ0n) is 11.8. The van der Waals surface area contributed by atoms with Crippen LogP contribution in [0.1, 0.15) is 42.5 Å². The van der Waals surface area contributed by atoms with Gasteiger partial charge in [-0.1, -0.05) is 30.9 Å². The standard InChI is InChI=1S/C14H16ClN3O4/c15-10-6-7-12(18(21)22)11(8-10)14(20)17-16-13(19)9-4-2-1-3-5-9/h6-9H,1-5H2,(H,16,19)(H,17,20). The van der Waals surface area contributed by atoms with Gasteiger partial charge in [-0.05, 0) is 25.0 Å². The van der Waals surface area contributed by atoms with Gasteiger partial charge in [0.2, 0.25) is 5.91 Å². The van der Waals surface area contributed by atoms with Crippen molar-refractivity contribution in [3.05, 3.63) is 38.9 Å². The summed E-state index contributed by atoms with van der Waals surface area (Å²) in [6.45, 7) is 0. The molecule has 0 spiro atoms. The van der Waals surface area contributed by atoms with E-state index in [4.69, 9.17) is 11.6 Å². The predicted molar refractivity (Wildman–Crippen MR) is 80.3 cm³/mol. The Bertz CT molecular complexity index is 600. The molecule has 7 nitrogen and oxygen atoms in total. The lowest BCUT2D eigenvalue weighted by molar-refractivity contribution is -0.385. The molecule has 1 saturated carbocycles. The lowest BCUT2D eigenvalue weighted by Gasteiger charge is -2.20. The number of nitro groups is 1. The largest absolute Gasteiger partial charge is 0.282 e. The number of nitro benzene ring substituents is 1. The molecule has 1 aromatic carbocycles. The number of carbonyl (C=O) groups is 2. The molecule has 1 aliphatic rings. The second-order valence-corrected chi connectivity index (χ2v) is 5.63. The highest BCUT2D eigenvalue weighted by Gasteiger charge is 2.24. The molecule has 0 aromatic heterocycles. The Morgan fingerprint density at radius 3 is 2.50 bits per heavy atom. The summed E-state index contributed by atoms with van der Waals surface area (Å²) in [5.74, 6) is -1.15. The Morgan fingerprint density at radius 2 is 1.86 bits per heavy atom. The first-order chi connectivity index (χ1) is 10.5. The van der Waals surface area contributed by atoms with Crippen LogP contribution in [0.5, 0.6) is 0 Å². The van der Waals surface area contributed by atoms with E-state index < -0.39 is 10.8 Å². The van der Waals surface area contributed by atoms with Crippen molar-refractivity contribution in [3.63, 3.8) is 0 Å². The molecular weight excluding hydrogens is 310 g/mol. The fourth-order valence-corrected chi connectivity index (χ4v) is 2.67. The van der Waals surface area contributed by atoms with Crippen LogP contribution in [0.2, 0.25) is 5.02 Å². The quantitative estimate of drug-likeness (QED) is 0.658. The van der Waals surface area contributed by atoms with Crippen molar-refractivity contribution in [2.45, 2.75) is 32.1 Å². The van der Waals surface area contributed by atoms with Gasteiger partial charge in [-0.2, -0.15) is 0 Å². The van der Waals surface area contributed by atoms with Crippen molar-refractivity contribution in [1.29, 1.82) is 0 Å². The highest BCUT2D eigenvalue weighted by Crippen LogP contribution is 2.24. The summed E-state index contributed by atoms with van der Waals surface area (Å²) in [6, 6.07) is 3.68. The number of halogens is 1. The van der Waals surface area contributed by atoms with Crippen LogP contribution in [-0.4, -0.2) is 16.7 Å². The van der Waals surface area contributed by atoms with Crippen molar-refractivity contribution in [2.75, 3.05) is 0 Å². The maximum absolute atomic E-state index is 12.0. The smallest absolute Gasteiger partial charge is 0.273 e. The summed E-state index contributed by atoms with van der Waals surface area (Å²) in [4.78, 5) is 34.2. The van der Waals surface area contributed by atoms with Gasteiger partial charge in [0, 0.05) is 17.0 Å². The average Bonchev–Trinajstić information content (AvgIpc) is 2.52. The van der Waals surface area contributed by atoms with Gasteiger partial charge in [-0.25, -0.2) is 0 Å². The fraction of sp³-hybridized carbons (Fsp3) is 0.429. The molecule has 0 bridgehead atoms. The molecule has 0 atom stereocenters. The number of hydrogen-bond donors (Lipinski definition) is 2. The third-order valence-electron chi connectivity index (χ3n) is 3.68. The first-order valence-corrected chi connectivity index (χ1v) is 7.41. The van der Waals surface area contributed by atoms with Crippen molar-refractivity contribution in [3.8, 4) is 0 Å². The molecule has 22 heavy (non-hydrogen) atoms. The SMILES string of the molecule is O=C(NNC(=O)C1CCCCC1)c1cc(Cl)ccc1[N+](=O)[O-]. The van der Waals surface area contributed by atoms with E-state index in [2.05, 4.69) is 10.9 Å². The minimum atomic E-state index is -0.765. The first kappa shape index (κ1) is 16.2. The van der Waals surface area contributed by atoms with Crippen molar-refractivity contribution < 1.29 is 14.5 Å². The Kier molecular flexibility index (Phi) is 5.32. The predicted octanol–water partition coefficient (Wildman–Crippen LogP) is 2.59. The normalized spacial score (nSPS) is 15.1. The minimum Gasteiger partial charge on any atom is -0.273 e. The number of hydrazine groups is 1. The second kappa shape index (κ2) is 7.22. The summed E-state index contributed by atoms with van der Waals surface area (Å²) in [5, 5.41) is 11.1. The van der Waals surface area contributed by atoms with E-state index in [0.29, 0.717) is 0 Å². The van der Waals surface area contributed by atoms with Crippen LogP contribution < -0.4 is 10.9 Å². The maximum Gasteiger partial charge on any atom is 0.282 e. The molecule has 1 aromatic rings. The van der Waals surface area contributed by atoms with E-state index in [1.165, 1.54) is 12.1 Å². The highest BCUT2D eigenvalue weighted by molar-refractivity contribution is 6.31. The maximum atomic E-state index is 12.0. The zero-order valence-corrected chi connectivity index (χ0v) is 12.6. The van der Waals surface area contributed by atoms with Crippen LogP contribution >= 0.6 is 11.6 Å². The molecule has 0 aliphatic heterocycles. The number of carbonyl (C=O) groups excluding carboxylic acids is 2. The Balaban J connectivity index is 2.01. The second-order valence-electron chi connectivity index (χ2n) is 5.20. The number of nitrogens with one attached hydrogen (secondary N) is 2. The van der Waals surface area contributed by atoms with Gasteiger partial charge in [0.1, 0.15) is 5.56 Å². The lowest BCUT2D eigenvalue weighted by Crippen LogP contribution is -2.45. The van der Waals surface area contributed by atoms with E-state index >= 15 is 0 Å². The summed E-state index contributed by atoms with van der Waals surface area (Å²) >= 11 is 5.76. The van der Waals surface area contributed by atoms with Gasteiger partial charge in [0.25, 0.3) is 11.6 Å². The molecule has 1 fully saturated rings. The van der Waals surface area contributed by atoms with Gasteiger partial charge >= 0.3 is 0 Å². The Labute approximate surface area is 132 Å². The van der Waals surface area contributed by atoms with E-state index in [-0.39, 0.29) is 28.1 Å². The molecule has 8 heteroatoms. The monoisotopic (exact) mass is 325 g/mol. The van der Waals surface area contributed by atoms with Gasteiger partial charge in [-0.15, -0.1) is 0 Å². The first-order valence-electron chi connectivity index (χ1n) is 7.03. The summed E-state index contributed by atoms with van der Waals surface area (Å²) in [5.41, 5.74) is 3.99. The van der Waals surface area contributed by atoms with Gasteiger partial charge in [0.15, 0.2) is 0 Å². The molecular formula is C14H16ClN3O4. The van der Waals surface area contributed by atoms with Crippen LogP contribution in [-0.2, 0) is 4.79 Å². The Morgan fingerprint density at radius 1 is 1.18 bits per heavy atom. The van der Waals surface area contributed by atoms with Gasteiger partial charge in [0.05, 0.1) is 4.92 Å². The molecule has 0 saturated heterocycles. The zero-order chi connectivity index (χ0) is 16.1. The fourth-order valence-electron chi connectivity index (χ4n) is 2.50. The van der Waals surface area contributed by atoms with Crippen molar-refractivity contribution in [2.24, 2.45) is 5.92 Å². The number of benzene rings is 1. The average molecular weight is 326 g/mol. The lowest BCUT2D eigenvalue weighted by atomic mass is 9.89. The van der Waals surface area contributed by atoms with Gasteiger partial charge in [-0.3, -0.25) is 30.6 Å². The third kappa shape index (κ3) is 3.94. The Hall–Kier alpha value is -2.15. The number of rotatable bonds is 3. The molecule has 1 aliphatic carbocycles. The molecule has 0 radical (unpaired) electrons. The van der Waals surface area contributed by atoms with Crippen LogP contribution in [0.15, 0.2) is 18.2 Å². The number of amides is 2. The molecule has 118 valence electrons. The van der Waals surface area contributed by atoms with E-state index in [1.807, 2.05) is 0 Å². The van der Waals surface area contributed by atoms with E-state index in [1.54, 1.807) is 0 Å². The number of nitrogens with zero attached hydrogens (tertiary/aromatic N) is 1. The highest BCUT2D eigenvalue weighted by atomic mass is 35.5. The van der Waals surface area contributed by atoms with E-state index in [0.717, 1.165) is 38.2 Å². The molecule has 0 heterocycles. The van der Waals surface area contributed by atoms with Crippen LogP contribution in [0.25, 0.3) is 0 Å². The van der Waals surface area contributed by atoms with Crippen LogP contribution in [0.4, 0.5) is 5.69 Å². The molecule has 0 unspecified atom stereocenters. The third-order valence-corrected chi connectivity index (χ3v) is 3.91. The van der Waals surface area contributed by atoms with E-state index in [9.17, 15) is 19.7 Å². The van der Waals surface area contributed by atoms with Crippen molar-refractivity contribution in [1.82, 2.24) is 10.9 Å². The van der Waals surface area contributed by atoms with Crippen LogP contribution in [0.3, 0.4) is 0 Å². The molecule has 2 rings (SSSR count).